The normalized spacial score (nSPS) is 49.5. The van der Waals surface area contributed by atoms with Gasteiger partial charge in [-0.25, -0.2) is 0 Å². The molecule has 4 rings (SSSR count). The maximum atomic E-state index is 12.9. The summed E-state index contributed by atoms with van der Waals surface area (Å²) in [5, 5.41) is 10.3. The molecule has 0 aromatic rings. The van der Waals surface area contributed by atoms with Gasteiger partial charge in [0.25, 0.3) is 0 Å². The molecule has 3 aliphatic carbocycles. The second kappa shape index (κ2) is 6.13. The minimum atomic E-state index is -1.17. The Balaban J connectivity index is 1.78. The number of rotatable bonds is 3. The Bertz CT molecular complexity index is 767. The van der Waals surface area contributed by atoms with Crippen molar-refractivity contribution in [3.63, 3.8) is 0 Å². The average Bonchev–Trinajstić information content (AvgIpc) is 3.44. The zero-order valence-electron chi connectivity index (χ0n) is 17.0. The molecular formula is C22H29NO5. The molecule has 152 valence electrons. The second-order valence-electron chi connectivity index (χ2n) is 9.65. The molecule has 1 aliphatic heterocycles. The number of carbonyl (C=O) groups is 3. The molecule has 1 heterocycles. The van der Waals surface area contributed by atoms with Gasteiger partial charge in [-0.1, -0.05) is 6.92 Å². The number of epoxide rings is 1. The second-order valence-corrected chi connectivity index (χ2v) is 9.65. The van der Waals surface area contributed by atoms with E-state index in [1.807, 2.05) is 0 Å². The summed E-state index contributed by atoms with van der Waals surface area (Å²) in [7, 11) is 0. The number of hydrogen-bond acceptors (Lipinski definition) is 6. The Morgan fingerprint density at radius 1 is 1.29 bits per heavy atom. The van der Waals surface area contributed by atoms with E-state index in [1.54, 1.807) is 13.8 Å². The van der Waals surface area contributed by atoms with Gasteiger partial charge in [0.2, 0.25) is 0 Å². The molecule has 4 aliphatic rings. The molecule has 0 aromatic heterocycles. The third-order valence-corrected chi connectivity index (χ3v) is 8.76. The zero-order valence-corrected chi connectivity index (χ0v) is 17.0. The highest BCUT2D eigenvalue weighted by Crippen LogP contribution is 2.70. The lowest BCUT2D eigenvalue weighted by atomic mass is 9.38. The van der Waals surface area contributed by atoms with E-state index in [9.17, 15) is 19.6 Å². The fraction of sp³-hybridized carbons (Fsp3) is 0.818. The largest absolute Gasteiger partial charge is 0.465 e. The first-order chi connectivity index (χ1) is 13.2. The van der Waals surface area contributed by atoms with Gasteiger partial charge in [0, 0.05) is 6.42 Å². The van der Waals surface area contributed by atoms with E-state index >= 15 is 0 Å². The number of ether oxygens (including phenoxy) is 2. The lowest BCUT2D eigenvalue weighted by Gasteiger charge is -2.63. The molecule has 0 aromatic carbocycles. The number of aldehydes is 1. The third kappa shape index (κ3) is 2.20. The van der Waals surface area contributed by atoms with Crippen LogP contribution in [0.3, 0.4) is 0 Å². The number of nitrogens with zero attached hydrogens (tertiary/aromatic N) is 1. The topological polar surface area (TPSA) is 96.8 Å². The van der Waals surface area contributed by atoms with Crippen LogP contribution >= 0.6 is 0 Å². The van der Waals surface area contributed by atoms with Gasteiger partial charge in [0.05, 0.1) is 30.6 Å². The van der Waals surface area contributed by atoms with Crippen LogP contribution in [-0.4, -0.2) is 36.9 Å². The molecule has 0 unspecified atom stereocenters. The Kier molecular flexibility index (Phi) is 4.28. The highest BCUT2D eigenvalue weighted by atomic mass is 16.6. The van der Waals surface area contributed by atoms with Crippen LogP contribution in [0.1, 0.15) is 59.3 Å². The van der Waals surface area contributed by atoms with Crippen molar-refractivity contribution in [1.29, 1.82) is 5.26 Å². The van der Waals surface area contributed by atoms with Gasteiger partial charge in [0.15, 0.2) is 0 Å². The number of ketones is 1. The summed E-state index contributed by atoms with van der Waals surface area (Å²) in [6, 6.07) is 2.55. The SMILES string of the molecule is CCOC(=O)[C@@]1(C)C(=O)CC[C@]2(C)[C@H]3CC[C@@]4(CO4)[C@@H](C=O)[C@]3(C#N)CC[C@@H]12. The molecule has 1 saturated heterocycles. The lowest BCUT2D eigenvalue weighted by molar-refractivity contribution is -0.192. The highest BCUT2D eigenvalue weighted by molar-refractivity contribution is 6.04. The number of fused-ring (bicyclic) bond motifs is 3. The van der Waals surface area contributed by atoms with Crippen molar-refractivity contribution in [2.45, 2.75) is 64.9 Å². The maximum Gasteiger partial charge on any atom is 0.319 e. The number of Topliss-reactive ketones (excluding diaryl/α,β-unsaturated/α-hetero) is 1. The predicted molar refractivity (Wildman–Crippen MR) is 98.8 cm³/mol. The summed E-state index contributed by atoms with van der Waals surface area (Å²) in [6.07, 6.45) is 4.54. The Morgan fingerprint density at radius 3 is 2.54 bits per heavy atom. The van der Waals surface area contributed by atoms with Crippen LogP contribution in [0.2, 0.25) is 0 Å². The summed E-state index contributed by atoms with van der Waals surface area (Å²) in [5.74, 6) is -1.13. The molecule has 28 heavy (non-hydrogen) atoms. The minimum absolute atomic E-state index is 0.0318. The molecule has 1 spiro atoms. The smallest absolute Gasteiger partial charge is 0.319 e. The van der Waals surface area contributed by atoms with Crippen LogP contribution in [0.4, 0.5) is 0 Å². The van der Waals surface area contributed by atoms with Gasteiger partial charge in [0.1, 0.15) is 23.1 Å². The Hall–Kier alpha value is -1.74. The number of hydrogen-bond donors (Lipinski definition) is 0. The van der Waals surface area contributed by atoms with Gasteiger partial charge in [-0.15, -0.1) is 0 Å². The van der Waals surface area contributed by atoms with E-state index in [-0.39, 0.29) is 29.6 Å². The van der Waals surface area contributed by atoms with Crippen molar-refractivity contribution >= 4 is 18.0 Å². The first kappa shape index (κ1) is 19.6. The minimum Gasteiger partial charge on any atom is -0.465 e. The van der Waals surface area contributed by atoms with E-state index in [0.717, 1.165) is 19.1 Å². The molecule has 0 radical (unpaired) electrons. The van der Waals surface area contributed by atoms with Crippen molar-refractivity contribution in [2.75, 3.05) is 13.2 Å². The van der Waals surface area contributed by atoms with E-state index in [0.29, 0.717) is 32.3 Å². The Morgan fingerprint density at radius 2 is 1.96 bits per heavy atom. The molecule has 6 heteroatoms. The number of esters is 1. The zero-order chi connectivity index (χ0) is 20.4. The van der Waals surface area contributed by atoms with Crippen molar-refractivity contribution in [2.24, 2.45) is 34.0 Å². The molecule has 0 amide bonds. The van der Waals surface area contributed by atoms with E-state index < -0.39 is 28.3 Å². The standard InChI is InChI=1S/C22H29NO5/c1-4-27-18(26)20(3)14-5-9-21(12-23)15(19(14,2)8-7-17(20)25)6-10-22(13-28-22)16(21)11-24/h11,14-16H,4-10,13H2,1-3H3/t14-,15-,16+,19+,20-,21+,22-/m1/s1. The molecule has 7 atom stereocenters. The lowest BCUT2D eigenvalue weighted by Crippen LogP contribution is -2.65. The summed E-state index contributed by atoms with van der Waals surface area (Å²) >= 11 is 0. The summed E-state index contributed by atoms with van der Waals surface area (Å²) in [6.45, 7) is 6.40. The molecule has 3 saturated carbocycles. The molecular weight excluding hydrogens is 358 g/mol. The molecule has 0 N–H and O–H groups in total. The highest BCUT2D eigenvalue weighted by Gasteiger charge is 2.73. The van der Waals surface area contributed by atoms with Crippen molar-refractivity contribution in [3.8, 4) is 6.07 Å². The Labute approximate surface area is 165 Å². The first-order valence-corrected chi connectivity index (χ1v) is 10.5. The van der Waals surface area contributed by atoms with E-state index in [2.05, 4.69) is 13.0 Å². The van der Waals surface area contributed by atoms with Crippen LogP contribution in [0.5, 0.6) is 0 Å². The van der Waals surface area contributed by atoms with Crippen LogP contribution in [0.15, 0.2) is 0 Å². The van der Waals surface area contributed by atoms with Gasteiger partial charge in [-0.3, -0.25) is 9.59 Å². The van der Waals surface area contributed by atoms with Gasteiger partial charge in [-0.2, -0.15) is 5.26 Å². The third-order valence-electron chi connectivity index (χ3n) is 8.76. The van der Waals surface area contributed by atoms with Crippen LogP contribution in [0.25, 0.3) is 0 Å². The number of carbonyl (C=O) groups excluding carboxylic acids is 3. The monoisotopic (exact) mass is 387 g/mol. The quantitative estimate of drug-likeness (QED) is 0.320. The fourth-order valence-corrected chi connectivity index (χ4v) is 7.23. The van der Waals surface area contributed by atoms with Crippen molar-refractivity contribution in [3.05, 3.63) is 0 Å². The van der Waals surface area contributed by atoms with Gasteiger partial charge >= 0.3 is 5.97 Å². The van der Waals surface area contributed by atoms with E-state index in [4.69, 9.17) is 9.47 Å². The van der Waals surface area contributed by atoms with Gasteiger partial charge < -0.3 is 14.3 Å². The van der Waals surface area contributed by atoms with Crippen molar-refractivity contribution in [1.82, 2.24) is 0 Å². The molecule has 4 fully saturated rings. The van der Waals surface area contributed by atoms with Crippen LogP contribution in [-0.2, 0) is 23.9 Å². The number of nitriles is 1. The fourth-order valence-electron chi connectivity index (χ4n) is 7.23. The molecule has 6 nitrogen and oxygen atoms in total. The van der Waals surface area contributed by atoms with Crippen molar-refractivity contribution < 1.29 is 23.9 Å². The summed E-state index contributed by atoms with van der Waals surface area (Å²) in [5.41, 5.74) is -2.78. The van der Waals surface area contributed by atoms with E-state index in [1.165, 1.54) is 0 Å². The molecule has 0 bridgehead atoms. The first-order valence-electron chi connectivity index (χ1n) is 10.5. The van der Waals surface area contributed by atoms with Crippen LogP contribution in [0, 0.1) is 45.3 Å². The summed E-state index contributed by atoms with van der Waals surface area (Å²) < 4.78 is 11.0. The average molecular weight is 387 g/mol. The van der Waals surface area contributed by atoms with Gasteiger partial charge in [-0.05, 0) is 63.2 Å². The summed E-state index contributed by atoms with van der Waals surface area (Å²) in [4.78, 5) is 37.9. The predicted octanol–water partition coefficient (Wildman–Crippen LogP) is 2.84. The van der Waals surface area contributed by atoms with Crippen LogP contribution < -0.4 is 0 Å². The maximum absolute atomic E-state index is 12.9.